The van der Waals surface area contributed by atoms with Crippen molar-refractivity contribution in [2.75, 3.05) is 24.2 Å². The van der Waals surface area contributed by atoms with Gasteiger partial charge in [-0.1, -0.05) is 11.8 Å². The first-order valence-corrected chi connectivity index (χ1v) is 6.62. The average Bonchev–Trinajstić information content (AvgIpc) is 2.83. The molecule has 5 nitrogen and oxygen atoms in total. The van der Waals surface area contributed by atoms with Crippen LogP contribution in [0.5, 0.6) is 0 Å². The van der Waals surface area contributed by atoms with Gasteiger partial charge in [0.05, 0.1) is 0 Å². The fourth-order valence-electron chi connectivity index (χ4n) is 1.52. The Labute approximate surface area is 96.2 Å². The van der Waals surface area contributed by atoms with Crippen molar-refractivity contribution in [3.05, 3.63) is 0 Å². The molecule has 2 heterocycles. The van der Waals surface area contributed by atoms with Crippen LogP contribution >= 0.6 is 23.3 Å². The molecule has 1 atom stereocenters. The molecule has 0 spiro atoms. The molecule has 1 aromatic heterocycles. The fourth-order valence-corrected chi connectivity index (χ4v) is 2.77. The third-order valence-electron chi connectivity index (χ3n) is 2.35. The lowest BCUT2D eigenvalue weighted by molar-refractivity contribution is -0.117. The molecule has 82 valence electrons. The standard InChI is InChI=1S/C8H12N4OS2/c1-14-7-10-8(15-11-7)12-4-5(3-9)2-6(12)13/h5H,2-4,9H2,1H3. The van der Waals surface area contributed by atoms with Gasteiger partial charge in [0.1, 0.15) is 0 Å². The van der Waals surface area contributed by atoms with Crippen LogP contribution in [-0.2, 0) is 4.79 Å². The van der Waals surface area contributed by atoms with Crippen molar-refractivity contribution < 1.29 is 4.79 Å². The Hall–Kier alpha value is -0.660. The maximum Gasteiger partial charge on any atom is 0.229 e. The number of hydrogen-bond donors (Lipinski definition) is 1. The van der Waals surface area contributed by atoms with Gasteiger partial charge in [-0.25, -0.2) is 0 Å². The van der Waals surface area contributed by atoms with E-state index < -0.39 is 0 Å². The second kappa shape index (κ2) is 4.46. The molecule has 1 fully saturated rings. The van der Waals surface area contributed by atoms with Crippen molar-refractivity contribution >= 4 is 34.3 Å². The van der Waals surface area contributed by atoms with Gasteiger partial charge < -0.3 is 5.73 Å². The minimum atomic E-state index is 0.106. The number of anilines is 1. The molecule has 1 saturated heterocycles. The third kappa shape index (κ3) is 2.14. The molecule has 2 rings (SSSR count). The number of thioether (sulfide) groups is 1. The highest BCUT2D eigenvalue weighted by Gasteiger charge is 2.31. The van der Waals surface area contributed by atoms with Crippen molar-refractivity contribution in [1.82, 2.24) is 9.36 Å². The minimum absolute atomic E-state index is 0.106. The quantitative estimate of drug-likeness (QED) is 0.787. The highest BCUT2D eigenvalue weighted by molar-refractivity contribution is 7.98. The van der Waals surface area contributed by atoms with Gasteiger partial charge in [0.15, 0.2) is 0 Å². The maximum absolute atomic E-state index is 11.6. The summed E-state index contributed by atoms with van der Waals surface area (Å²) < 4.78 is 4.13. The molecule has 0 aliphatic carbocycles. The van der Waals surface area contributed by atoms with Gasteiger partial charge in [0, 0.05) is 24.5 Å². The largest absolute Gasteiger partial charge is 0.330 e. The van der Waals surface area contributed by atoms with Crippen LogP contribution in [0.15, 0.2) is 5.16 Å². The summed E-state index contributed by atoms with van der Waals surface area (Å²) in [7, 11) is 0. The van der Waals surface area contributed by atoms with Gasteiger partial charge in [0.2, 0.25) is 16.2 Å². The first-order chi connectivity index (χ1) is 7.24. The first kappa shape index (κ1) is 10.8. The lowest BCUT2D eigenvalue weighted by atomic mass is 10.1. The number of amides is 1. The van der Waals surface area contributed by atoms with E-state index in [1.807, 2.05) is 6.26 Å². The van der Waals surface area contributed by atoms with Crippen molar-refractivity contribution in [2.24, 2.45) is 11.7 Å². The van der Waals surface area contributed by atoms with Crippen LogP contribution in [-0.4, -0.2) is 34.6 Å². The van der Waals surface area contributed by atoms with Crippen molar-refractivity contribution in [2.45, 2.75) is 11.6 Å². The summed E-state index contributed by atoms with van der Waals surface area (Å²) in [6.07, 6.45) is 2.45. The topological polar surface area (TPSA) is 72.1 Å². The Morgan fingerprint density at radius 1 is 1.73 bits per heavy atom. The number of rotatable bonds is 3. The minimum Gasteiger partial charge on any atom is -0.330 e. The Morgan fingerprint density at radius 3 is 3.07 bits per heavy atom. The van der Waals surface area contributed by atoms with Crippen LogP contribution < -0.4 is 10.6 Å². The molecule has 1 aliphatic heterocycles. The zero-order valence-electron chi connectivity index (χ0n) is 8.34. The normalized spacial score (nSPS) is 21.3. The first-order valence-electron chi connectivity index (χ1n) is 4.62. The monoisotopic (exact) mass is 244 g/mol. The lowest BCUT2D eigenvalue weighted by Crippen LogP contribution is -2.25. The molecule has 0 saturated carbocycles. The molecule has 1 unspecified atom stereocenters. The SMILES string of the molecule is CSc1nsc(N2CC(CN)CC2=O)n1. The molecule has 15 heavy (non-hydrogen) atoms. The van der Waals surface area contributed by atoms with Crippen LogP contribution in [0.25, 0.3) is 0 Å². The maximum atomic E-state index is 11.6. The summed E-state index contributed by atoms with van der Waals surface area (Å²) in [5.41, 5.74) is 5.55. The molecule has 1 aliphatic rings. The second-order valence-electron chi connectivity index (χ2n) is 3.37. The van der Waals surface area contributed by atoms with E-state index in [0.717, 1.165) is 5.16 Å². The van der Waals surface area contributed by atoms with Crippen LogP contribution in [0.2, 0.25) is 0 Å². The predicted molar refractivity (Wildman–Crippen MR) is 61.2 cm³/mol. The van der Waals surface area contributed by atoms with E-state index in [2.05, 4.69) is 9.36 Å². The molecule has 1 amide bonds. The van der Waals surface area contributed by atoms with Crippen molar-refractivity contribution in [1.29, 1.82) is 0 Å². The van der Waals surface area contributed by atoms with E-state index in [1.165, 1.54) is 23.3 Å². The number of aromatic nitrogens is 2. The number of carbonyl (C=O) groups excluding carboxylic acids is 1. The number of carbonyl (C=O) groups is 1. The predicted octanol–water partition coefficient (Wildman–Crippen LogP) is 0.572. The van der Waals surface area contributed by atoms with Crippen molar-refractivity contribution in [3.8, 4) is 0 Å². The summed E-state index contributed by atoms with van der Waals surface area (Å²) in [5, 5.41) is 1.42. The van der Waals surface area contributed by atoms with E-state index in [-0.39, 0.29) is 11.8 Å². The molecular weight excluding hydrogens is 232 g/mol. The summed E-state index contributed by atoms with van der Waals surface area (Å²) in [4.78, 5) is 17.6. The Morgan fingerprint density at radius 2 is 2.53 bits per heavy atom. The lowest BCUT2D eigenvalue weighted by Gasteiger charge is -2.10. The number of nitrogens with two attached hydrogens (primary N) is 1. The Balaban J connectivity index is 2.14. The summed E-state index contributed by atoms with van der Waals surface area (Å²) >= 11 is 2.75. The Kier molecular flexibility index (Phi) is 3.22. The highest BCUT2D eigenvalue weighted by Crippen LogP contribution is 2.27. The van der Waals surface area contributed by atoms with E-state index >= 15 is 0 Å². The van der Waals surface area contributed by atoms with Gasteiger partial charge in [-0.15, -0.1) is 0 Å². The number of hydrogen-bond acceptors (Lipinski definition) is 6. The summed E-state index contributed by atoms with van der Waals surface area (Å²) in [6, 6.07) is 0. The zero-order valence-corrected chi connectivity index (χ0v) is 9.98. The fraction of sp³-hybridized carbons (Fsp3) is 0.625. The van der Waals surface area contributed by atoms with Crippen molar-refractivity contribution in [3.63, 3.8) is 0 Å². The van der Waals surface area contributed by atoms with Gasteiger partial charge in [-0.2, -0.15) is 9.36 Å². The molecule has 7 heteroatoms. The van der Waals surface area contributed by atoms with Gasteiger partial charge in [-0.3, -0.25) is 9.69 Å². The molecule has 0 aromatic carbocycles. The van der Waals surface area contributed by atoms with Crippen LogP contribution in [0.1, 0.15) is 6.42 Å². The Bertz CT molecular complexity index is 367. The third-order valence-corrected chi connectivity index (χ3v) is 3.75. The van der Waals surface area contributed by atoms with E-state index in [0.29, 0.717) is 24.6 Å². The van der Waals surface area contributed by atoms with Gasteiger partial charge in [-0.05, 0) is 18.7 Å². The molecular formula is C8H12N4OS2. The van der Waals surface area contributed by atoms with Crippen LogP contribution in [0.4, 0.5) is 5.13 Å². The van der Waals surface area contributed by atoms with Crippen LogP contribution in [0, 0.1) is 5.92 Å². The zero-order chi connectivity index (χ0) is 10.8. The van der Waals surface area contributed by atoms with Crippen LogP contribution in [0.3, 0.4) is 0 Å². The van der Waals surface area contributed by atoms with Gasteiger partial charge >= 0.3 is 0 Å². The molecule has 2 N–H and O–H groups in total. The van der Waals surface area contributed by atoms with Gasteiger partial charge in [0.25, 0.3) is 0 Å². The molecule has 0 radical (unpaired) electrons. The molecule has 0 bridgehead atoms. The van der Waals surface area contributed by atoms with E-state index in [9.17, 15) is 4.79 Å². The average molecular weight is 244 g/mol. The second-order valence-corrected chi connectivity index (χ2v) is 4.88. The summed E-state index contributed by atoms with van der Waals surface area (Å²) in [5.74, 6) is 0.369. The summed E-state index contributed by atoms with van der Waals surface area (Å²) in [6.45, 7) is 1.23. The van der Waals surface area contributed by atoms with E-state index in [4.69, 9.17) is 5.73 Å². The highest BCUT2D eigenvalue weighted by atomic mass is 32.2. The molecule has 1 aromatic rings. The smallest absolute Gasteiger partial charge is 0.229 e. The van der Waals surface area contributed by atoms with E-state index in [1.54, 1.807) is 4.90 Å². The number of nitrogens with zero attached hydrogens (tertiary/aromatic N) is 3.